The van der Waals surface area contributed by atoms with Crippen LogP contribution in [0.5, 0.6) is 0 Å². The monoisotopic (exact) mass is 242 g/mol. The van der Waals surface area contributed by atoms with Crippen LogP contribution in [-0.4, -0.2) is 22.3 Å². The van der Waals surface area contributed by atoms with Crippen molar-refractivity contribution in [1.82, 2.24) is 9.88 Å². The van der Waals surface area contributed by atoms with Gasteiger partial charge in [0.1, 0.15) is 5.82 Å². The Kier molecular flexibility index (Phi) is 3.76. The summed E-state index contributed by atoms with van der Waals surface area (Å²) in [5.74, 6) is 0.183. The third kappa shape index (κ3) is 3.21. The predicted octanol–water partition coefficient (Wildman–Crippen LogP) is 1.45. The van der Waals surface area contributed by atoms with Gasteiger partial charge in [-0.2, -0.15) is 0 Å². The van der Waals surface area contributed by atoms with Crippen molar-refractivity contribution in [2.24, 2.45) is 5.73 Å². The van der Waals surface area contributed by atoms with Crippen molar-refractivity contribution in [3.8, 4) is 0 Å². The Hall–Kier alpha value is -2.56. The lowest BCUT2D eigenvalue weighted by molar-refractivity contribution is 0.1000. The number of rotatable bonds is 4. The highest BCUT2D eigenvalue weighted by Gasteiger charge is 1.99. The number of carbonyl (C=O) groups is 1. The molecular formula is C13H14N4O. The number of primary amides is 1. The zero-order chi connectivity index (χ0) is 12.8. The quantitative estimate of drug-likeness (QED) is 0.838. The van der Waals surface area contributed by atoms with Crippen LogP contribution < -0.4 is 11.1 Å². The fourth-order valence-electron chi connectivity index (χ4n) is 1.44. The van der Waals surface area contributed by atoms with Crippen molar-refractivity contribution in [3.63, 3.8) is 0 Å². The van der Waals surface area contributed by atoms with Crippen molar-refractivity contribution in [2.45, 2.75) is 0 Å². The zero-order valence-corrected chi connectivity index (χ0v) is 9.78. The summed E-state index contributed by atoms with van der Waals surface area (Å²) in [6.07, 6.45) is 13.1. The molecule has 0 saturated heterocycles. The molecule has 1 aromatic rings. The van der Waals surface area contributed by atoms with E-state index in [0.717, 1.165) is 6.54 Å². The summed E-state index contributed by atoms with van der Waals surface area (Å²) in [7, 11) is 0. The Morgan fingerprint density at radius 3 is 2.94 bits per heavy atom. The van der Waals surface area contributed by atoms with E-state index < -0.39 is 5.91 Å². The summed E-state index contributed by atoms with van der Waals surface area (Å²) in [5, 5.41) is 3.01. The number of carbonyl (C=O) groups excluding carboxylic acids is 1. The van der Waals surface area contributed by atoms with Crippen molar-refractivity contribution in [2.75, 3.05) is 11.9 Å². The van der Waals surface area contributed by atoms with Crippen LogP contribution >= 0.6 is 0 Å². The van der Waals surface area contributed by atoms with E-state index in [4.69, 9.17) is 5.73 Å². The largest absolute Gasteiger partial charge is 0.366 e. The van der Waals surface area contributed by atoms with Crippen molar-refractivity contribution in [3.05, 3.63) is 60.7 Å². The molecule has 0 aromatic carbocycles. The Bertz CT molecular complexity index is 502. The fraction of sp³-hybridized carbons (Fsp3) is 0.0769. The second-order valence-electron chi connectivity index (χ2n) is 3.72. The minimum atomic E-state index is -0.477. The minimum absolute atomic E-state index is 0.397. The molecule has 0 aliphatic carbocycles. The smallest absolute Gasteiger partial charge is 0.250 e. The number of nitrogens with one attached hydrogen (secondary N) is 1. The molecule has 0 atom stereocenters. The van der Waals surface area contributed by atoms with E-state index in [9.17, 15) is 4.79 Å². The number of nitrogens with zero attached hydrogens (tertiary/aromatic N) is 2. The Balaban J connectivity index is 1.90. The lowest BCUT2D eigenvalue weighted by atomic mass is 10.3. The second-order valence-corrected chi connectivity index (χ2v) is 3.72. The van der Waals surface area contributed by atoms with Crippen LogP contribution in [0.3, 0.4) is 0 Å². The SMILES string of the molecule is NC(=O)c1ccc(NC=CN2C=CC=CC2)nc1. The molecular weight excluding hydrogens is 228 g/mol. The number of allylic oxidation sites excluding steroid dienone is 2. The first kappa shape index (κ1) is 11.9. The molecule has 1 aliphatic heterocycles. The first-order valence-corrected chi connectivity index (χ1v) is 5.54. The molecule has 92 valence electrons. The second kappa shape index (κ2) is 5.67. The molecule has 3 N–H and O–H groups in total. The molecule has 18 heavy (non-hydrogen) atoms. The summed E-state index contributed by atoms with van der Waals surface area (Å²) in [6, 6.07) is 3.34. The van der Waals surface area contributed by atoms with Crippen LogP contribution in [0.2, 0.25) is 0 Å². The molecule has 2 heterocycles. The summed E-state index contributed by atoms with van der Waals surface area (Å²) in [6.45, 7) is 0.850. The van der Waals surface area contributed by atoms with E-state index in [1.165, 1.54) is 6.20 Å². The maximum absolute atomic E-state index is 10.9. The molecule has 0 fully saturated rings. The molecule has 5 heteroatoms. The van der Waals surface area contributed by atoms with Gasteiger partial charge in [-0.05, 0) is 18.2 Å². The predicted molar refractivity (Wildman–Crippen MR) is 70.5 cm³/mol. The molecule has 2 rings (SSSR count). The lowest BCUT2D eigenvalue weighted by Crippen LogP contribution is -2.12. The fourth-order valence-corrected chi connectivity index (χ4v) is 1.44. The van der Waals surface area contributed by atoms with Gasteiger partial charge >= 0.3 is 0 Å². The van der Waals surface area contributed by atoms with Crippen LogP contribution in [0, 0.1) is 0 Å². The normalized spacial score (nSPS) is 14.1. The highest BCUT2D eigenvalue weighted by atomic mass is 16.1. The van der Waals surface area contributed by atoms with Gasteiger partial charge in [0.25, 0.3) is 0 Å². The molecule has 5 nitrogen and oxygen atoms in total. The topological polar surface area (TPSA) is 71.2 Å². The molecule has 0 spiro atoms. The minimum Gasteiger partial charge on any atom is -0.366 e. The van der Waals surface area contributed by atoms with Gasteiger partial charge in [0.15, 0.2) is 0 Å². The van der Waals surface area contributed by atoms with Crippen molar-refractivity contribution >= 4 is 11.7 Å². The van der Waals surface area contributed by atoms with Gasteiger partial charge in [0.2, 0.25) is 5.91 Å². The molecule has 1 aliphatic rings. The summed E-state index contributed by atoms with van der Waals surface area (Å²) >= 11 is 0. The molecule has 0 unspecified atom stereocenters. The number of amides is 1. The van der Waals surface area contributed by atoms with Gasteiger partial charge < -0.3 is 16.0 Å². The van der Waals surface area contributed by atoms with Crippen LogP contribution in [0.1, 0.15) is 10.4 Å². The van der Waals surface area contributed by atoms with Crippen LogP contribution in [0.25, 0.3) is 0 Å². The maximum atomic E-state index is 10.9. The first-order valence-electron chi connectivity index (χ1n) is 5.54. The van der Waals surface area contributed by atoms with Crippen LogP contribution in [0.4, 0.5) is 5.82 Å². The van der Waals surface area contributed by atoms with E-state index in [1.807, 2.05) is 29.5 Å². The molecule has 1 amide bonds. The number of nitrogens with two attached hydrogens (primary N) is 1. The summed E-state index contributed by atoms with van der Waals surface area (Å²) < 4.78 is 0. The van der Waals surface area contributed by atoms with Gasteiger partial charge in [-0.3, -0.25) is 4.79 Å². The Morgan fingerprint density at radius 2 is 2.33 bits per heavy atom. The van der Waals surface area contributed by atoms with Gasteiger partial charge in [0.05, 0.1) is 5.56 Å². The van der Waals surface area contributed by atoms with E-state index in [2.05, 4.69) is 16.4 Å². The van der Waals surface area contributed by atoms with E-state index in [-0.39, 0.29) is 0 Å². The van der Waals surface area contributed by atoms with Gasteiger partial charge in [-0.25, -0.2) is 4.98 Å². The number of hydrogen-bond donors (Lipinski definition) is 2. The molecule has 0 saturated carbocycles. The standard InChI is InChI=1S/C13H14N4O/c14-13(18)11-4-5-12(16-10-11)15-6-9-17-7-2-1-3-8-17/h1-7,9-10H,8H2,(H2,14,18)(H,15,16). The van der Waals surface area contributed by atoms with E-state index >= 15 is 0 Å². The van der Waals surface area contributed by atoms with E-state index in [1.54, 1.807) is 18.3 Å². The molecule has 1 aromatic heterocycles. The summed E-state index contributed by atoms with van der Waals surface area (Å²) in [5.41, 5.74) is 5.52. The zero-order valence-electron chi connectivity index (χ0n) is 9.78. The molecule has 0 bridgehead atoms. The average molecular weight is 242 g/mol. The van der Waals surface area contributed by atoms with Crippen LogP contribution in [-0.2, 0) is 0 Å². The number of anilines is 1. The summed E-state index contributed by atoms with van der Waals surface area (Å²) in [4.78, 5) is 16.9. The van der Waals surface area contributed by atoms with Crippen molar-refractivity contribution in [1.29, 1.82) is 0 Å². The Morgan fingerprint density at radius 1 is 1.44 bits per heavy atom. The number of pyridine rings is 1. The van der Waals surface area contributed by atoms with E-state index in [0.29, 0.717) is 11.4 Å². The highest BCUT2D eigenvalue weighted by molar-refractivity contribution is 5.92. The maximum Gasteiger partial charge on any atom is 0.250 e. The van der Waals surface area contributed by atoms with Crippen molar-refractivity contribution < 1.29 is 4.79 Å². The lowest BCUT2D eigenvalue weighted by Gasteiger charge is -2.14. The number of hydrogen-bond acceptors (Lipinski definition) is 4. The highest BCUT2D eigenvalue weighted by Crippen LogP contribution is 2.05. The van der Waals surface area contributed by atoms with Gasteiger partial charge in [-0.15, -0.1) is 0 Å². The first-order chi connectivity index (χ1) is 8.75. The third-order valence-electron chi connectivity index (χ3n) is 2.39. The average Bonchev–Trinajstić information content (AvgIpc) is 2.40. The number of aromatic nitrogens is 1. The molecule has 0 radical (unpaired) electrons. The Labute approximate surface area is 105 Å². The van der Waals surface area contributed by atoms with Gasteiger partial charge in [0, 0.05) is 31.3 Å². The third-order valence-corrected chi connectivity index (χ3v) is 2.39. The van der Waals surface area contributed by atoms with Gasteiger partial charge in [-0.1, -0.05) is 12.2 Å². The van der Waals surface area contributed by atoms with Crippen LogP contribution in [0.15, 0.2) is 55.2 Å².